The van der Waals surface area contributed by atoms with Crippen molar-refractivity contribution in [1.82, 2.24) is 10.3 Å². The van der Waals surface area contributed by atoms with E-state index >= 15 is 0 Å². The molecule has 0 spiro atoms. The van der Waals surface area contributed by atoms with Gasteiger partial charge in [0, 0.05) is 24.3 Å². The van der Waals surface area contributed by atoms with Crippen molar-refractivity contribution >= 4 is 0 Å². The molecule has 0 aliphatic carbocycles. The Kier molecular flexibility index (Phi) is 4.69. The SMILES string of the molecule is Cc1cccc(Oc2cnccc2CNC(C)C)c1F. The van der Waals surface area contributed by atoms with Crippen LogP contribution in [-0.4, -0.2) is 11.0 Å². The fourth-order valence-electron chi connectivity index (χ4n) is 1.78. The smallest absolute Gasteiger partial charge is 0.168 e. The summed E-state index contributed by atoms with van der Waals surface area (Å²) in [7, 11) is 0. The summed E-state index contributed by atoms with van der Waals surface area (Å²) >= 11 is 0. The Balaban J connectivity index is 2.22. The summed E-state index contributed by atoms with van der Waals surface area (Å²) in [6.07, 6.45) is 3.32. The number of ether oxygens (including phenoxy) is 1. The number of hydrogen-bond donors (Lipinski definition) is 1. The highest BCUT2D eigenvalue weighted by Gasteiger charge is 2.10. The fraction of sp³-hybridized carbons (Fsp3) is 0.312. The van der Waals surface area contributed by atoms with E-state index in [1.165, 1.54) is 0 Å². The molecule has 0 aliphatic rings. The van der Waals surface area contributed by atoms with Gasteiger partial charge in [0.05, 0.1) is 6.20 Å². The van der Waals surface area contributed by atoms with Gasteiger partial charge in [-0.05, 0) is 24.6 Å². The molecule has 0 radical (unpaired) electrons. The average Bonchev–Trinajstić information content (AvgIpc) is 2.43. The van der Waals surface area contributed by atoms with E-state index in [2.05, 4.69) is 24.1 Å². The van der Waals surface area contributed by atoms with Gasteiger partial charge in [0.15, 0.2) is 11.6 Å². The Morgan fingerprint density at radius 3 is 2.80 bits per heavy atom. The lowest BCUT2D eigenvalue weighted by atomic mass is 10.2. The zero-order chi connectivity index (χ0) is 14.5. The minimum atomic E-state index is -0.334. The number of aromatic nitrogens is 1. The number of hydrogen-bond acceptors (Lipinski definition) is 3. The summed E-state index contributed by atoms with van der Waals surface area (Å²) in [6, 6.07) is 7.35. The lowest BCUT2D eigenvalue weighted by molar-refractivity contribution is 0.430. The van der Waals surface area contributed by atoms with Crippen LogP contribution >= 0.6 is 0 Å². The molecule has 0 atom stereocenters. The van der Waals surface area contributed by atoms with Crippen LogP contribution in [0.15, 0.2) is 36.7 Å². The number of halogens is 1. The van der Waals surface area contributed by atoms with Crippen molar-refractivity contribution in [3.63, 3.8) is 0 Å². The number of benzene rings is 1. The van der Waals surface area contributed by atoms with Gasteiger partial charge in [0.1, 0.15) is 5.75 Å². The molecule has 106 valence electrons. The third kappa shape index (κ3) is 3.54. The molecule has 2 rings (SSSR count). The summed E-state index contributed by atoms with van der Waals surface area (Å²) in [5.74, 6) is 0.466. The number of rotatable bonds is 5. The van der Waals surface area contributed by atoms with E-state index in [9.17, 15) is 4.39 Å². The lowest BCUT2D eigenvalue weighted by Crippen LogP contribution is -2.22. The first-order valence-electron chi connectivity index (χ1n) is 6.67. The number of nitrogens with zero attached hydrogens (tertiary/aromatic N) is 1. The van der Waals surface area contributed by atoms with E-state index in [4.69, 9.17) is 4.74 Å². The van der Waals surface area contributed by atoms with Gasteiger partial charge in [-0.25, -0.2) is 4.39 Å². The van der Waals surface area contributed by atoms with Gasteiger partial charge < -0.3 is 10.1 Å². The van der Waals surface area contributed by atoms with Crippen LogP contribution in [0.25, 0.3) is 0 Å². The maximum absolute atomic E-state index is 14.0. The highest BCUT2D eigenvalue weighted by atomic mass is 19.1. The molecule has 0 fully saturated rings. The minimum Gasteiger partial charge on any atom is -0.452 e. The van der Waals surface area contributed by atoms with Gasteiger partial charge in [0.2, 0.25) is 0 Å². The third-order valence-electron chi connectivity index (χ3n) is 2.95. The van der Waals surface area contributed by atoms with Crippen molar-refractivity contribution in [2.24, 2.45) is 0 Å². The molecule has 0 amide bonds. The third-order valence-corrected chi connectivity index (χ3v) is 2.95. The molecule has 4 heteroatoms. The lowest BCUT2D eigenvalue weighted by Gasteiger charge is -2.13. The number of pyridine rings is 1. The normalized spacial score (nSPS) is 10.8. The molecule has 0 aliphatic heterocycles. The van der Waals surface area contributed by atoms with Gasteiger partial charge in [0.25, 0.3) is 0 Å². The second-order valence-corrected chi connectivity index (χ2v) is 5.01. The highest BCUT2D eigenvalue weighted by molar-refractivity contribution is 5.38. The van der Waals surface area contributed by atoms with Crippen LogP contribution in [0.5, 0.6) is 11.5 Å². The predicted molar refractivity (Wildman–Crippen MR) is 77.4 cm³/mol. The first-order chi connectivity index (χ1) is 9.58. The van der Waals surface area contributed by atoms with E-state index in [0.717, 1.165) is 5.56 Å². The van der Waals surface area contributed by atoms with Crippen molar-refractivity contribution in [2.45, 2.75) is 33.4 Å². The Morgan fingerprint density at radius 1 is 1.25 bits per heavy atom. The molecule has 1 N–H and O–H groups in total. The first kappa shape index (κ1) is 14.5. The molecule has 0 saturated heterocycles. The van der Waals surface area contributed by atoms with Crippen molar-refractivity contribution in [3.05, 3.63) is 53.6 Å². The maximum atomic E-state index is 14.0. The largest absolute Gasteiger partial charge is 0.452 e. The van der Waals surface area contributed by atoms with Crippen LogP contribution in [0.3, 0.4) is 0 Å². The van der Waals surface area contributed by atoms with Gasteiger partial charge in [-0.3, -0.25) is 4.98 Å². The van der Waals surface area contributed by atoms with Crippen molar-refractivity contribution in [1.29, 1.82) is 0 Å². The van der Waals surface area contributed by atoms with E-state index in [1.807, 2.05) is 6.07 Å². The molecule has 1 heterocycles. The van der Waals surface area contributed by atoms with E-state index in [-0.39, 0.29) is 11.6 Å². The Bertz CT molecular complexity index is 584. The summed E-state index contributed by atoms with van der Waals surface area (Å²) < 4.78 is 19.6. The molecule has 1 aromatic heterocycles. The molecule has 20 heavy (non-hydrogen) atoms. The standard InChI is InChI=1S/C16H19FN2O/c1-11(2)19-9-13-7-8-18-10-15(13)20-14-6-4-5-12(3)16(14)17/h4-8,10-11,19H,9H2,1-3H3. The van der Waals surface area contributed by atoms with Gasteiger partial charge >= 0.3 is 0 Å². The molecule has 0 bridgehead atoms. The molecule has 2 aromatic rings. The molecule has 0 saturated carbocycles. The second kappa shape index (κ2) is 6.48. The van der Waals surface area contributed by atoms with Gasteiger partial charge in [-0.2, -0.15) is 0 Å². The van der Waals surface area contributed by atoms with Crippen molar-refractivity contribution < 1.29 is 9.13 Å². The quantitative estimate of drug-likeness (QED) is 0.900. The Labute approximate surface area is 118 Å². The van der Waals surface area contributed by atoms with Gasteiger partial charge in [-0.1, -0.05) is 26.0 Å². The number of nitrogens with one attached hydrogen (secondary N) is 1. The average molecular weight is 274 g/mol. The maximum Gasteiger partial charge on any atom is 0.168 e. The summed E-state index contributed by atoms with van der Waals surface area (Å²) in [6.45, 7) is 6.51. The monoisotopic (exact) mass is 274 g/mol. The minimum absolute atomic E-state index is 0.226. The van der Waals surface area contributed by atoms with Crippen LogP contribution in [0.4, 0.5) is 4.39 Å². The van der Waals surface area contributed by atoms with Crippen LogP contribution in [0.1, 0.15) is 25.0 Å². The summed E-state index contributed by atoms with van der Waals surface area (Å²) in [5.41, 5.74) is 1.52. The Hall–Kier alpha value is -1.94. The first-order valence-corrected chi connectivity index (χ1v) is 6.67. The van der Waals surface area contributed by atoms with E-state index in [1.54, 1.807) is 37.5 Å². The molecular weight excluding hydrogens is 255 g/mol. The van der Waals surface area contributed by atoms with E-state index in [0.29, 0.717) is 23.9 Å². The topological polar surface area (TPSA) is 34.1 Å². The zero-order valence-electron chi connectivity index (χ0n) is 12.0. The van der Waals surface area contributed by atoms with Gasteiger partial charge in [-0.15, -0.1) is 0 Å². The molecule has 0 unspecified atom stereocenters. The summed E-state index contributed by atoms with van der Waals surface area (Å²) in [4.78, 5) is 4.05. The molecular formula is C16H19FN2O. The highest BCUT2D eigenvalue weighted by Crippen LogP contribution is 2.28. The van der Waals surface area contributed by atoms with Crippen LogP contribution < -0.4 is 10.1 Å². The Morgan fingerprint density at radius 2 is 2.05 bits per heavy atom. The molecule has 1 aromatic carbocycles. The number of aryl methyl sites for hydroxylation is 1. The van der Waals surface area contributed by atoms with Crippen molar-refractivity contribution in [2.75, 3.05) is 0 Å². The summed E-state index contributed by atoms with van der Waals surface area (Å²) in [5, 5.41) is 3.31. The zero-order valence-corrected chi connectivity index (χ0v) is 12.0. The van der Waals surface area contributed by atoms with Crippen LogP contribution in [0.2, 0.25) is 0 Å². The predicted octanol–water partition coefficient (Wildman–Crippen LogP) is 3.82. The van der Waals surface area contributed by atoms with Crippen LogP contribution in [-0.2, 0) is 6.54 Å². The van der Waals surface area contributed by atoms with Crippen molar-refractivity contribution in [3.8, 4) is 11.5 Å². The fourth-order valence-corrected chi connectivity index (χ4v) is 1.78. The second-order valence-electron chi connectivity index (χ2n) is 5.01. The van der Waals surface area contributed by atoms with Crippen LogP contribution in [0, 0.1) is 12.7 Å². The molecule has 3 nitrogen and oxygen atoms in total. The van der Waals surface area contributed by atoms with E-state index < -0.39 is 0 Å².